The minimum Gasteiger partial charge on any atom is -0.365 e. The molecule has 0 bridgehead atoms. The van der Waals surface area contributed by atoms with Crippen LogP contribution in [0.4, 0.5) is 18.9 Å². The summed E-state index contributed by atoms with van der Waals surface area (Å²) in [6.07, 6.45) is -4.37. The number of alkyl halides is 3. The highest BCUT2D eigenvalue weighted by atomic mass is 19.4. The molecule has 1 amide bonds. The van der Waals surface area contributed by atoms with Crippen molar-refractivity contribution in [1.29, 1.82) is 0 Å². The second-order valence-corrected chi connectivity index (χ2v) is 5.01. The molecule has 0 aliphatic carbocycles. The van der Waals surface area contributed by atoms with Gasteiger partial charge in [0.25, 0.3) is 0 Å². The second kappa shape index (κ2) is 6.15. The van der Waals surface area contributed by atoms with Crippen LogP contribution in [0.1, 0.15) is 11.1 Å². The molecule has 1 aromatic carbocycles. The van der Waals surface area contributed by atoms with E-state index in [9.17, 15) is 18.0 Å². The quantitative estimate of drug-likeness (QED) is 0.850. The number of nitrogens with zero attached hydrogens (tertiary/aromatic N) is 2. The Morgan fingerprint density at radius 3 is 2.30 bits per heavy atom. The summed E-state index contributed by atoms with van der Waals surface area (Å²) in [5.41, 5.74) is 2.92. The van der Waals surface area contributed by atoms with Gasteiger partial charge in [-0.2, -0.15) is 13.2 Å². The predicted octanol–water partition coefficient (Wildman–Crippen LogP) is 2.76. The summed E-state index contributed by atoms with van der Waals surface area (Å²) in [6.45, 7) is 2.55. The monoisotopic (exact) mass is 288 g/mol. The number of amides is 1. The molecule has 0 atom stereocenters. The topological polar surface area (TPSA) is 23.6 Å². The molecular weight excluding hydrogens is 269 g/mol. The van der Waals surface area contributed by atoms with Crippen LogP contribution in [0, 0.1) is 13.8 Å². The van der Waals surface area contributed by atoms with Gasteiger partial charge in [0, 0.05) is 19.8 Å². The fourth-order valence-corrected chi connectivity index (χ4v) is 2.00. The summed E-state index contributed by atoms with van der Waals surface area (Å²) in [5.74, 6) is -0.565. The van der Waals surface area contributed by atoms with E-state index < -0.39 is 18.6 Å². The Kier molecular flexibility index (Phi) is 5.03. The average molecular weight is 288 g/mol. The minimum absolute atomic E-state index is 0.0868. The van der Waals surface area contributed by atoms with E-state index in [-0.39, 0.29) is 6.54 Å². The van der Waals surface area contributed by atoms with Gasteiger partial charge in [-0.05, 0) is 25.5 Å². The maximum atomic E-state index is 12.2. The molecule has 0 unspecified atom stereocenters. The normalized spacial score (nSPS) is 11.3. The van der Waals surface area contributed by atoms with E-state index >= 15 is 0 Å². The van der Waals surface area contributed by atoms with Gasteiger partial charge in [0.05, 0.1) is 6.54 Å². The van der Waals surface area contributed by atoms with E-state index in [4.69, 9.17) is 0 Å². The Morgan fingerprint density at radius 2 is 1.80 bits per heavy atom. The highest BCUT2D eigenvalue weighted by Crippen LogP contribution is 2.20. The fourth-order valence-electron chi connectivity index (χ4n) is 2.00. The van der Waals surface area contributed by atoms with Crippen LogP contribution in [-0.2, 0) is 4.79 Å². The van der Waals surface area contributed by atoms with Crippen LogP contribution in [0.5, 0.6) is 0 Å². The summed E-state index contributed by atoms with van der Waals surface area (Å²) in [4.78, 5) is 14.1. The summed E-state index contributed by atoms with van der Waals surface area (Å²) < 4.78 is 36.7. The Hall–Kier alpha value is -1.72. The van der Waals surface area contributed by atoms with Crippen molar-refractivity contribution in [1.82, 2.24) is 4.90 Å². The van der Waals surface area contributed by atoms with Gasteiger partial charge in [0.1, 0.15) is 6.54 Å². The van der Waals surface area contributed by atoms with Crippen LogP contribution >= 0.6 is 0 Å². The Labute approximate surface area is 117 Å². The van der Waals surface area contributed by atoms with Crippen molar-refractivity contribution in [2.75, 3.05) is 32.1 Å². The van der Waals surface area contributed by atoms with E-state index in [0.717, 1.165) is 23.9 Å². The van der Waals surface area contributed by atoms with Crippen molar-refractivity contribution >= 4 is 11.6 Å². The van der Waals surface area contributed by atoms with Gasteiger partial charge in [-0.1, -0.05) is 17.7 Å². The number of carbonyl (C=O) groups excluding carboxylic acids is 1. The number of aryl methyl sites for hydroxylation is 2. The lowest BCUT2D eigenvalue weighted by Crippen LogP contribution is -2.41. The first kappa shape index (κ1) is 16.3. The third kappa shape index (κ3) is 4.75. The highest BCUT2D eigenvalue weighted by Gasteiger charge is 2.31. The van der Waals surface area contributed by atoms with E-state index in [0.29, 0.717) is 4.90 Å². The number of hydrogen-bond acceptors (Lipinski definition) is 2. The summed E-state index contributed by atoms with van der Waals surface area (Å²) in [7, 11) is 2.85. The third-order valence-corrected chi connectivity index (χ3v) is 2.98. The summed E-state index contributed by atoms with van der Waals surface area (Å²) >= 11 is 0. The molecule has 0 aliphatic rings. The Balaban J connectivity index is 2.70. The fraction of sp³-hybridized carbons (Fsp3) is 0.500. The summed E-state index contributed by atoms with van der Waals surface area (Å²) in [5, 5.41) is 0. The highest BCUT2D eigenvalue weighted by molar-refractivity contribution is 5.81. The molecule has 0 saturated carbocycles. The van der Waals surface area contributed by atoms with Gasteiger partial charge >= 0.3 is 6.18 Å². The molecule has 1 aromatic rings. The molecule has 112 valence electrons. The largest absolute Gasteiger partial charge is 0.406 e. The van der Waals surface area contributed by atoms with Crippen molar-refractivity contribution in [2.24, 2.45) is 0 Å². The van der Waals surface area contributed by atoms with Gasteiger partial charge in [-0.3, -0.25) is 4.79 Å². The zero-order chi connectivity index (χ0) is 15.5. The number of anilines is 1. The van der Waals surface area contributed by atoms with Crippen LogP contribution < -0.4 is 4.90 Å². The van der Waals surface area contributed by atoms with Gasteiger partial charge in [0.15, 0.2) is 0 Å². The number of hydrogen-bond donors (Lipinski definition) is 0. The van der Waals surface area contributed by atoms with E-state index in [1.54, 1.807) is 11.9 Å². The summed E-state index contributed by atoms with van der Waals surface area (Å²) in [6, 6.07) is 5.74. The van der Waals surface area contributed by atoms with Gasteiger partial charge in [-0.15, -0.1) is 0 Å². The first-order chi connectivity index (χ1) is 9.10. The van der Waals surface area contributed by atoms with Gasteiger partial charge in [0.2, 0.25) is 5.91 Å². The Morgan fingerprint density at radius 1 is 1.20 bits per heavy atom. The van der Waals surface area contributed by atoms with Gasteiger partial charge in [-0.25, -0.2) is 0 Å². The number of benzene rings is 1. The molecule has 20 heavy (non-hydrogen) atoms. The molecule has 0 heterocycles. The maximum absolute atomic E-state index is 12.2. The van der Waals surface area contributed by atoms with Crippen molar-refractivity contribution < 1.29 is 18.0 Å². The lowest BCUT2D eigenvalue weighted by Gasteiger charge is -2.25. The molecule has 0 N–H and O–H groups in total. The van der Waals surface area contributed by atoms with Crippen molar-refractivity contribution in [3.05, 3.63) is 29.3 Å². The smallest absolute Gasteiger partial charge is 0.365 e. The number of halogens is 3. The number of likely N-dealkylation sites (N-methyl/N-ethyl adjacent to an activating group) is 2. The molecule has 1 rings (SSSR count). The van der Waals surface area contributed by atoms with E-state index in [1.807, 2.05) is 32.0 Å². The number of rotatable bonds is 4. The van der Waals surface area contributed by atoms with Crippen LogP contribution in [0.3, 0.4) is 0 Å². The first-order valence-electron chi connectivity index (χ1n) is 6.19. The van der Waals surface area contributed by atoms with Crippen LogP contribution in [-0.4, -0.2) is 44.2 Å². The average Bonchev–Trinajstić information content (AvgIpc) is 2.26. The van der Waals surface area contributed by atoms with Crippen LogP contribution in [0.2, 0.25) is 0 Å². The molecule has 0 spiro atoms. The van der Waals surface area contributed by atoms with Crippen molar-refractivity contribution in [3.8, 4) is 0 Å². The standard InChI is InChI=1S/C14H19F3N2O/c1-10-5-6-12(11(2)7-10)18(3)8-13(20)19(4)9-14(15,16)17/h5-7H,8-9H2,1-4H3. The lowest BCUT2D eigenvalue weighted by atomic mass is 10.1. The number of carbonyl (C=O) groups is 1. The second-order valence-electron chi connectivity index (χ2n) is 5.01. The minimum atomic E-state index is -4.37. The first-order valence-corrected chi connectivity index (χ1v) is 6.19. The lowest BCUT2D eigenvalue weighted by molar-refractivity contribution is -0.157. The molecule has 6 heteroatoms. The molecule has 3 nitrogen and oxygen atoms in total. The molecule has 0 fully saturated rings. The Bertz CT molecular complexity index is 486. The molecular formula is C14H19F3N2O. The van der Waals surface area contributed by atoms with Crippen molar-refractivity contribution in [2.45, 2.75) is 20.0 Å². The van der Waals surface area contributed by atoms with Crippen molar-refractivity contribution in [3.63, 3.8) is 0 Å². The molecule has 0 radical (unpaired) electrons. The van der Waals surface area contributed by atoms with Gasteiger partial charge < -0.3 is 9.80 Å². The zero-order valence-corrected chi connectivity index (χ0v) is 12.1. The SMILES string of the molecule is Cc1ccc(N(C)CC(=O)N(C)CC(F)(F)F)c(C)c1. The zero-order valence-electron chi connectivity index (χ0n) is 12.1. The van der Waals surface area contributed by atoms with E-state index in [2.05, 4.69) is 0 Å². The molecule has 0 aliphatic heterocycles. The molecule has 0 aromatic heterocycles. The molecule has 0 saturated heterocycles. The predicted molar refractivity (Wildman–Crippen MR) is 72.9 cm³/mol. The van der Waals surface area contributed by atoms with Crippen LogP contribution in [0.25, 0.3) is 0 Å². The van der Waals surface area contributed by atoms with Crippen LogP contribution in [0.15, 0.2) is 18.2 Å². The maximum Gasteiger partial charge on any atom is 0.406 e. The van der Waals surface area contributed by atoms with E-state index in [1.165, 1.54) is 0 Å². The third-order valence-electron chi connectivity index (χ3n) is 2.98.